The Balaban J connectivity index is 2.29. The number of hydrogen-bond donors (Lipinski definition) is 4. The molecular formula is C55H88O9. The van der Waals surface area contributed by atoms with Gasteiger partial charge in [0.15, 0.2) is 6.29 Å². The van der Waals surface area contributed by atoms with Gasteiger partial charge in [0.25, 0.3) is 0 Å². The monoisotopic (exact) mass is 893 g/mol. The predicted octanol–water partition coefficient (Wildman–Crippen LogP) is 11.9. The number of rotatable bonds is 40. The van der Waals surface area contributed by atoms with Gasteiger partial charge in [-0.05, 0) is 103 Å². The third-order valence-corrected chi connectivity index (χ3v) is 10.4. The van der Waals surface area contributed by atoms with E-state index < -0.39 is 43.4 Å². The Morgan fingerprint density at radius 3 is 1.36 bits per heavy atom. The maximum Gasteiger partial charge on any atom is 0.306 e. The Morgan fingerprint density at radius 2 is 0.906 bits per heavy atom. The van der Waals surface area contributed by atoms with Gasteiger partial charge in [0.1, 0.15) is 30.5 Å². The molecule has 0 aliphatic carbocycles. The molecule has 1 saturated heterocycles. The summed E-state index contributed by atoms with van der Waals surface area (Å²) in [6, 6.07) is 0. The number of aliphatic hydroxyl groups is 4. The quantitative estimate of drug-likeness (QED) is 0.0269. The first-order valence-corrected chi connectivity index (χ1v) is 24.6. The average molecular weight is 893 g/mol. The third kappa shape index (κ3) is 34.9. The molecule has 0 radical (unpaired) electrons. The Bertz CT molecular complexity index is 1390. The van der Waals surface area contributed by atoms with Crippen molar-refractivity contribution in [2.24, 2.45) is 0 Å². The van der Waals surface area contributed by atoms with E-state index in [1.54, 1.807) is 0 Å². The van der Waals surface area contributed by atoms with E-state index in [2.05, 4.69) is 135 Å². The van der Waals surface area contributed by atoms with Crippen LogP contribution in [0.25, 0.3) is 0 Å². The average Bonchev–Trinajstić information content (AvgIpc) is 3.30. The van der Waals surface area contributed by atoms with E-state index in [0.717, 1.165) is 135 Å². The molecule has 64 heavy (non-hydrogen) atoms. The van der Waals surface area contributed by atoms with Crippen LogP contribution in [-0.2, 0) is 23.7 Å². The summed E-state index contributed by atoms with van der Waals surface area (Å²) in [5.41, 5.74) is 0. The summed E-state index contributed by atoms with van der Waals surface area (Å²) in [4.78, 5) is 12.8. The number of unbranched alkanes of at least 4 members (excludes halogenated alkanes) is 9. The van der Waals surface area contributed by atoms with E-state index in [1.807, 2.05) is 0 Å². The fourth-order valence-corrected chi connectivity index (χ4v) is 6.60. The lowest BCUT2D eigenvalue weighted by atomic mass is 9.99. The molecule has 1 aliphatic heterocycles. The van der Waals surface area contributed by atoms with E-state index in [4.69, 9.17) is 18.9 Å². The molecule has 0 spiro atoms. The number of hydrogen-bond acceptors (Lipinski definition) is 9. The van der Waals surface area contributed by atoms with Crippen LogP contribution < -0.4 is 0 Å². The van der Waals surface area contributed by atoms with Gasteiger partial charge < -0.3 is 39.4 Å². The van der Waals surface area contributed by atoms with Gasteiger partial charge in [-0.25, -0.2) is 0 Å². The molecule has 1 aliphatic rings. The van der Waals surface area contributed by atoms with Crippen molar-refractivity contribution in [3.05, 3.63) is 122 Å². The molecule has 0 aromatic heterocycles. The number of carbonyl (C=O) groups is 1. The minimum Gasteiger partial charge on any atom is -0.457 e. The summed E-state index contributed by atoms with van der Waals surface area (Å²) in [5, 5.41) is 40.2. The van der Waals surface area contributed by atoms with Crippen molar-refractivity contribution < 1.29 is 44.2 Å². The van der Waals surface area contributed by atoms with Crippen LogP contribution in [0.1, 0.15) is 155 Å². The van der Waals surface area contributed by atoms with Gasteiger partial charge in [0.05, 0.1) is 19.8 Å². The smallest absolute Gasteiger partial charge is 0.306 e. The van der Waals surface area contributed by atoms with Crippen molar-refractivity contribution in [2.75, 3.05) is 26.4 Å². The first-order valence-electron chi connectivity index (χ1n) is 24.6. The lowest BCUT2D eigenvalue weighted by Crippen LogP contribution is -2.59. The zero-order valence-corrected chi connectivity index (χ0v) is 39.7. The molecule has 1 rings (SSSR count). The highest BCUT2D eigenvalue weighted by molar-refractivity contribution is 5.69. The van der Waals surface area contributed by atoms with Gasteiger partial charge in [0, 0.05) is 13.0 Å². The van der Waals surface area contributed by atoms with E-state index in [0.29, 0.717) is 6.61 Å². The minimum absolute atomic E-state index is 0.110. The summed E-state index contributed by atoms with van der Waals surface area (Å²) in [6.45, 7) is 4.22. The van der Waals surface area contributed by atoms with Crippen LogP contribution in [-0.4, -0.2) is 89.6 Å². The maximum atomic E-state index is 12.8. The second-order valence-corrected chi connectivity index (χ2v) is 16.1. The number of aliphatic hydroxyl groups excluding tert-OH is 4. The van der Waals surface area contributed by atoms with Gasteiger partial charge in [-0.15, -0.1) is 0 Å². The highest BCUT2D eigenvalue weighted by Gasteiger charge is 2.44. The molecule has 0 aromatic rings. The van der Waals surface area contributed by atoms with Crippen molar-refractivity contribution in [1.82, 2.24) is 0 Å². The van der Waals surface area contributed by atoms with Gasteiger partial charge in [0.2, 0.25) is 0 Å². The number of carbonyl (C=O) groups excluding carboxylic acids is 1. The molecule has 0 saturated carbocycles. The number of allylic oxidation sites excluding steroid dienone is 20. The summed E-state index contributed by atoms with van der Waals surface area (Å²) >= 11 is 0. The summed E-state index contributed by atoms with van der Waals surface area (Å²) in [7, 11) is 0. The molecule has 362 valence electrons. The van der Waals surface area contributed by atoms with Crippen LogP contribution >= 0.6 is 0 Å². The Labute approximate surface area is 388 Å². The molecule has 1 heterocycles. The molecule has 9 nitrogen and oxygen atoms in total. The zero-order valence-electron chi connectivity index (χ0n) is 39.7. The first-order chi connectivity index (χ1) is 31.4. The van der Waals surface area contributed by atoms with Gasteiger partial charge in [-0.3, -0.25) is 4.79 Å². The second-order valence-electron chi connectivity index (χ2n) is 16.1. The van der Waals surface area contributed by atoms with Crippen LogP contribution in [0.2, 0.25) is 0 Å². The van der Waals surface area contributed by atoms with Crippen molar-refractivity contribution in [3.63, 3.8) is 0 Å². The van der Waals surface area contributed by atoms with Crippen LogP contribution in [0.5, 0.6) is 0 Å². The fraction of sp³-hybridized carbons (Fsp3) is 0.618. The Morgan fingerprint density at radius 1 is 0.500 bits per heavy atom. The maximum absolute atomic E-state index is 12.8. The SMILES string of the molecule is CC/C=C\C/C=C\C/C=C\C/C=C\C/C=C\CCCCCCCC(=O)OC(COCCCCCC/C=C\C/C=C\C/C=C\C/C=C\C/C=C\CC)COC1OC(CO)C(O)C(O)C1O. The van der Waals surface area contributed by atoms with Gasteiger partial charge in [-0.2, -0.15) is 0 Å². The van der Waals surface area contributed by atoms with Crippen LogP contribution in [0.15, 0.2) is 122 Å². The summed E-state index contributed by atoms with van der Waals surface area (Å²) in [6.07, 6.45) is 57.9. The summed E-state index contributed by atoms with van der Waals surface area (Å²) in [5.74, 6) is -0.347. The number of ether oxygens (including phenoxy) is 4. The topological polar surface area (TPSA) is 135 Å². The van der Waals surface area contributed by atoms with Crippen molar-refractivity contribution in [2.45, 2.75) is 192 Å². The number of esters is 1. The predicted molar refractivity (Wildman–Crippen MR) is 265 cm³/mol. The molecule has 0 aromatic carbocycles. The Kier molecular flexibility index (Phi) is 41.0. The second kappa shape index (κ2) is 44.8. The highest BCUT2D eigenvalue weighted by Crippen LogP contribution is 2.22. The molecule has 9 heteroatoms. The minimum atomic E-state index is -1.55. The van der Waals surface area contributed by atoms with Crippen molar-refractivity contribution in [1.29, 1.82) is 0 Å². The molecule has 6 unspecified atom stereocenters. The molecule has 6 atom stereocenters. The van der Waals surface area contributed by atoms with E-state index >= 15 is 0 Å². The zero-order chi connectivity index (χ0) is 46.4. The largest absolute Gasteiger partial charge is 0.457 e. The van der Waals surface area contributed by atoms with Gasteiger partial charge >= 0.3 is 5.97 Å². The molecular weight excluding hydrogens is 805 g/mol. The van der Waals surface area contributed by atoms with Crippen LogP contribution in [0, 0.1) is 0 Å². The Hall–Kier alpha value is -3.41. The third-order valence-electron chi connectivity index (χ3n) is 10.4. The lowest BCUT2D eigenvalue weighted by Gasteiger charge is -2.39. The van der Waals surface area contributed by atoms with Crippen molar-refractivity contribution in [3.8, 4) is 0 Å². The van der Waals surface area contributed by atoms with Crippen molar-refractivity contribution >= 4 is 5.97 Å². The van der Waals surface area contributed by atoms with E-state index in [-0.39, 0.29) is 25.6 Å². The van der Waals surface area contributed by atoms with Crippen LogP contribution in [0.3, 0.4) is 0 Å². The van der Waals surface area contributed by atoms with Gasteiger partial charge in [-0.1, -0.05) is 167 Å². The molecule has 0 bridgehead atoms. The molecule has 0 amide bonds. The first kappa shape index (κ1) is 58.6. The van der Waals surface area contributed by atoms with E-state index in [9.17, 15) is 25.2 Å². The molecule has 4 N–H and O–H groups in total. The highest BCUT2D eigenvalue weighted by atomic mass is 16.7. The summed E-state index contributed by atoms with van der Waals surface area (Å²) < 4.78 is 22.8. The lowest BCUT2D eigenvalue weighted by molar-refractivity contribution is -0.305. The normalized spacial score (nSPS) is 20.6. The fourth-order valence-electron chi connectivity index (χ4n) is 6.60. The standard InChI is InChI=1S/C55H88O9/c1-3-5-7-9-11-13-15-17-19-21-23-25-26-28-30-32-34-36-38-40-42-44-51(57)63-49(48-62-55-54(60)53(59)52(58)50(46-56)64-55)47-61-45-43-41-39-37-35-33-31-29-27-24-22-20-18-16-14-12-10-8-6-4-2/h5-8,11-14,17-20,23-25,27-28,30-31,33,49-50,52-56,58-60H,3-4,9-10,15-16,21-22,26,29,32,34-48H2,1-2H3/b7-5-,8-6-,13-11-,14-12-,19-17-,20-18-,25-23-,27-24-,30-28-,33-31-. The van der Waals surface area contributed by atoms with E-state index in [1.165, 1.54) is 0 Å². The van der Waals surface area contributed by atoms with Crippen LogP contribution in [0.4, 0.5) is 0 Å². The molecule has 1 fully saturated rings.